The number of aromatic amines is 1. The summed E-state index contributed by atoms with van der Waals surface area (Å²) in [5.41, 5.74) is 2.00. The van der Waals surface area contributed by atoms with Gasteiger partial charge in [0.1, 0.15) is 17.8 Å². The molecule has 3 aromatic rings. The molecule has 1 saturated heterocycles. The number of rotatable bonds is 2. The van der Waals surface area contributed by atoms with Crippen molar-refractivity contribution >= 4 is 33.3 Å². The fraction of sp³-hybridized carbons (Fsp3) is 0.357. The standard InChI is InChI=1S/C14H16N6S/c1-10-8-21-14(18-10)20-6-4-19(5-7-20)13-11-2-3-15-12(11)16-9-17-13/h2-3,8-9H,4-7H2,1H3,(H,15,16,17). The van der Waals surface area contributed by atoms with Crippen molar-refractivity contribution in [3.63, 3.8) is 0 Å². The van der Waals surface area contributed by atoms with Crippen LogP contribution in [0.3, 0.4) is 0 Å². The second-order valence-corrected chi connectivity index (χ2v) is 6.02. The van der Waals surface area contributed by atoms with Gasteiger partial charge in [0.25, 0.3) is 0 Å². The van der Waals surface area contributed by atoms with Crippen molar-refractivity contribution in [2.24, 2.45) is 0 Å². The predicted octanol–water partition coefficient (Wildman–Crippen LogP) is 2.05. The predicted molar refractivity (Wildman–Crippen MR) is 85.2 cm³/mol. The van der Waals surface area contributed by atoms with Crippen LogP contribution in [-0.4, -0.2) is 46.1 Å². The van der Waals surface area contributed by atoms with Gasteiger partial charge in [0.2, 0.25) is 0 Å². The first-order valence-electron chi connectivity index (χ1n) is 7.01. The Kier molecular flexibility index (Phi) is 2.99. The van der Waals surface area contributed by atoms with E-state index in [1.165, 1.54) is 0 Å². The minimum atomic E-state index is 0.901. The Bertz CT molecular complexity index is 756. The summed E-state index contributed by atoms with van der Waals surface area (Å²) in [5.74, 6) is 1.02. The van der Waals surface area contributed by atoms with Crippen LogP contribution in [0.2, 0.25) is 0 Å². The number of hydrogen-bond acceptors (Lipinski definition) is 6. The van der Waals surface area contributed by atoms with Gasteiger partial charge in [-0.15, -0.1) is 11.3 Å². The van der Waals surface area contributed by atoms with Crippen molar-refractivity contribution in [3.05, 3.63) is 29.7 Å². The Morgan fingerprint density at radius 3 is 2.71 bits per heavy atom. The minimum Gasteiger partial charge on any atom is -0.352 e. The molecule has 4 heterocycles. The first-order chi connectivity index (χ1) is 10.3. The molecular weight excluding hydrogens is 284 g/mol. The summed E-state index contributed by atoms with van der Waals surface area (Å²) in [7, 11) is 0. The Morgan fingerprint density at radius 1 is 1.14 bits per heavy atom. The third kappa shape index (κ3) is 2.23. The van der Waals surface area contributed by atoms with E-state index in [2.05, 4.69) is 35.1 Å². The first-order valence-corrected chi connectivity index (χ1v) is 7.89. The number of nitrogens with one attached hydrogen (secondary N) is 1. The van der Waals surface area contributed by atoms with Gasteiger partial charge in [0.15, 0.2) is 5.13 Å². The lowest BCUT2D eigenvalue weighted by molar-refractivity contribution is 0.647. The summed E-state index contributed by atoms with van der Waals surface area (Å²) >= 11 is 1.72. The van der Waals surface area contributed by atoms with E-state index < -0.39 is 0 Å². The van der Waals surface area contributed by atoms with Crippen molar-refractivity contribution in [3.8, 4) is 0 Å². The molecule has 7 heteroatoms. The van der Waals surface area contributed by atoms with E-state index in [1.807, 2.05) is 19.2 Å². The molecule has 0 aromatic carbocycles. The van der Waals surface area contributed by atoms with Crippen molar-refractivity contribution in [1.82, 2.24) is 19.9 Å². The van der Waals surface area contributed by atoms with Gasteiger partial charge in [-0.1, -0.05) is 0 Å². The molecule has 1 aliphatic heterocycles. The first kappa shape index (κ1) is 12.6. The van der Waals surface area contributed by atoms with Gasteiger partial charge in [0, 0.05) is 37.8 Å². The van der Waals surface area contributed by atoms with Crippen molar-refractivity contribution in [2.75, 3.05) is 36.0 Å². The number of hydrogen-bond donors (Lipinski definition) is 1. The SMILES string of the molecule is Cc1csc(N2CCN(c3ncnc4[nH]ccc34)CC2)n1. The third-order valence-electron chi connectivity index (χ3n) is 3.79. The van der Waals surface area contributed by atoms with Crippen LogP contribution in [0.4, 0.5) is 10.9 Å². The molecule has 0 amide bonds. The van der Waals surface area contributed by atoms with E-state index in [0.717, 1.165) is 53.9 Å². The van der Waals surface area contributed by atoms with Gasteiger partial charge in [-0.05, 0) is 13.0 Å². The lowest BCUT2D eigenvalue weighted by Gasteiger charge is -2.35. The average molecular weight is 300 g/mol. The monoisotopic (exact) mass is 300 g/mol. The highest BCUT2D eigenvalue weighted by Gasteiger charge is 2.21. The molecule has 0 saturated carbocycles. The normalized spacial score (nSPS) is 15.9. The van der Waals surface area contributed by atoms with Gasteiger partial charge in [0.05, 0.1) is 11.1 Å². The molecule has 0 spiro atoms. The number of aryl methyl sites for hydroxylation is 1. The highest BCUT2D eigenvalue weighted by Crippen LogP contribution is 2.26. The number of thiazole rings is 1. The zero-order valence-electron chi connectivity index (χ0n) is 11.8. The summed E-state index contributed by atoms with van der Waals surface area (Å²) in [6.07, 6.45) is 3.54. The molecule has 0 radical (unpaired) electrons. The lowest BCUT2D eigenvalue weighted by atomic mass is 10.3. The van der Waals surface area contributed by atoms with E-state index in [0.29, 0.717) is 0 Å². The van der Waals surface area contributed by atoms with Gasteiger partial charge in [-0.3, -0.25) is 0 Å². The van der Waals surface area contributed by atoms with Crippen LogP contribution in [0.15, 0.2) is 24.0 Å². The average Bonchev–Trinajstić information content (AvgIpc) is 3.15. The van der Waals surface area contributed by atoms with E-state index in [-0.39, 0.29) is 0 Å². The van der Waals surface area contributed by atoms with Gasteiger partial charge in [-0.2, -0.15) is 0 Å². The van der Waals surface area contributed by atoms with Crippen molar-refractivity contribution in [2.45, 2.75) is 6.92 Å². The van der Waals surface area contributed by atoms with E-state index in [4.69, 9.17) is 0 Å². The van der Waals surface area contributed by atoms with Gasteiger partial charge in [-0.25, -0.2) is 15.0 Å². The Morgan fingerprint density at radius 2 is 1.95 bits per heavy atom. The Labute approximate surface area is 126 Å². The van der Waals surface area contributed by atoms with E-state index >= 15 is 0 Å². The number of fused-ring (bicyclic) bond motifs is 1. The molecule has 0 bridgehead atoms. The van der Waals surface area contributed by atoms with Crippen molar-refractivity contribution < 1.29 is 0 Å². The molecule has 6 nitrogen and oxygen atoms in total. The molecule has 1 N–H and O–H groups in total. The summed E-state index contributed by atoms with van der Waals surface area (Å²) in [6.45, 7) is 5.90. The molecule has 4 rings (SSSR count). The van der Waals surface area contributed by atoms with Crippen LogP contribution in [0.1, 0.15) is 5.69 Å². The Hall–Kier alpha value is -2.15. The highest BCUT2D eigenvalue weighted by atomic mass is 32.1. The smallest absolute Gasteiger partial charge is 0.185 e. The summed E-state index contributed by atoms with van der Waals surface area (Å²) in [5, 5.41) is 4.33. The molecule has 108 valence electrons. The maximum Gasteiger partial charge on any atom is 0.185 e. The van der Waals surface area contributed by atoms with Crippen LogP contribution in [0, 0.1) is 6.92 Å². The fourth-order valence-corrected chi connectivity index (χ4v) is 3.56. The topological polar surface area (TPSA) is 60.9 Å². The highest BCUT2D eigenvalue weighted by molar-refractivity contribution is 7.13. The number of nitrogens with zero attached hydrogens (tertiary/aromatic N) is 5. The van der Waals surface area contributed by atoms with Crippen LogP contribution < -0.4 is 9.80 Å². The van der Waals surface area contributed by atoms with Crippen LogP contribution in [-0.2, 0) is 0 Å². The number of H-pyrrole nitrogens is 1. The molecule has 1 fully saturated rings. The van der Waals surface area contributed by atoms with Crippen LogP contribution in [0.25, 0.3) is 11.0 Å². The maximum absolute atomic E-state index is 4.57. The van der Waals surface area contributed by atoms with Gasteiger partial charge >= 0.3 is 0 Å². The quantitative estimate of drug-likeness (QED) is 0.785. The second-order valence-electron chi connectivity index (χ2n) is 5.18. The zero-order valence-corrected chi connectivity index (χ0v) is 12.6. The molecular formula is C14H16N6S. The molecule has 1 aliphatic rings. The summed E-state index contributed by atoms with van der Waals surface area (Å²) in [6, 6.07) is 2.04. The molecule has 0 aliphatic carbocycles. The number of anilines is 2. The molecule has 3 aromatic heterocycles. The maximum atomic E-state index is 4.57. The van der Waals surface area contributed by atoms with E-state index in [9.17, 15) is 0 Å². The lowest BCUT2D eigenvalue weighted by Crippen LogP contribution is -2.46. The van der Waals surface area contributed by atoms with Crippen LogP contribution >= 0.6 is 11.3 Å². The largest absolute Gasteiger partial charge is 0.352 e. The second kappa shape index (κ2) is 5.00. The molecule has 0 atom stereocenters. The zero-order chi connectivity index (χ0) is 14.2. The fourth-order valence-electron chi connectivity index (χ4n) is 2.71. The number of piperazine rings is 1. The number of aromatic nitrogens is 4. The van der Waals surface area contributed by atoms with E-state index in [1.54, 1.807) is 17.7 Å². The summed E-state index contributed by atoms with van der Waals surface area (Å²) in [4.78, 5) is 21.1. The van der Waals surface area contributed by atoms with Crippen molar-refractivity contribution in [1.29, 1.82) is 0 Å². The Balaban J connectivity index is 1.53. The summed E-state index contributed by atoms with van der Waals surface area (Å²) < 4.78 is 0. The molecule has 0 unspecified atom stereocenters. The van der Waals surface area contributed by atoms with Gasteiger partial charge < -0.3 is 14.8 Å². The minimum absolute atomic E-state index is 0.901. The van der Waals surface area contributed by atoms with Crippen LogP contribution in [0.5, 0.6) is 0 Å². The molecule has 21 heavy (non-hydrogen) atoms. The third-order valence-corrected chi connectivity index (χ3v) is 4.81.